The van der Waals surface area contributed by atoms with Crippen molar-refractivity contribution in [3.63, 3.8) is 0 Å². The van der Waals surface area contributed by atoms with Crippen molar-refractivity contribution in [2.24, 2.45) is 0 Å². The molecule has 5 rings (SSSR count). The van der Waals surface area contributed by atoms with E-state index in [0.29, 0.717) is 19.6 Å². The Morgan fingerprint density at radius 2 is 1.81 bits per heavy atom. The van der Waals surface area contributed by atoms with Crippen LogP contribution in [0.15, 0.2) is 85.5 Å². The lowest BCUT2D eigenvalue weighted by atomic mass is 10.1. The molecule has 4 aromatic rings. The summed E-state index contributed by atoms with van der Waals surface area (Å²) in [5.74, 6) is 1.56. The fraction of sp³-hybridized carbons (Fsp3) is 0.267. The highest BCUT2D eigenvalue weighted by atomic mass is 19.1. The largest absolute Gasteiger partial charge is 0.493 e. The lowest BCUT2D eigenvalue weighted by Gasteiger charge is -2.17. The number of nitrogens with zero attached hydrogens (tertiary/aromatic N) is 3. The summed E-state index contributed by atoms with van der Waals surface area (Å²) in [6.45, 7) is 5.80. The van der Waals surface area contributed by atoms with Crippen molar-refractivity contribution >= 4 is 22.6 Å². The molecule has 36 heavy (non-hydrogen) atoms. The molecule has 1 fully saturated rings. The molecule has 0 saturated carbocycles. The van der Waals surface area contributed by atoms with E-state index in [0.717, 1.165) is 59.7 Å². The fourth-order valence-corrected chi connectivity index (χ4v) is 4.91. The highest BCUT2D eigenvalue weighted by Gasteiger charge is 2.34. The topological polar surface area (TPSA) is 47.4 Å². The monoisotopic (exact) mass is 483 g/mol. The number of unbranched alkanes of at least 4 members (excludes halogenated alkanes) is 1. The number of amides is 1. The Hall–Kier alpha value is -3.93. The van der Waals surface area contributed by atoms with Gasteiger partial charge in [-0.3, -0.25) is 4.79 Å². The zero-order valence-corrected chi connectivity index (χ0v) is 20.3. The lowest BCUT2D eigenvalue weighted by Crippen LogP contribution is -2.24. The third kappa shape index (κ3) is 5.03. The maximum atomic E-state index is 13.4. The van der Waals surface area contributed by atoms with Crippen molar-refractivity contribution in [3.05, 3.63) is 103 Å². The van der Waals surface area contributed by atoms with Crippen LogP contribution in [0.4, 0.5) is 10.1 Å². The number of aromatic nitrogens is 2. The number of hydrogen-bond donors (Lipinski definition) is 0. The van der Waals surface area contributed by atoms with Crippen molar-refractivity contribution in [2.45, 2.75) is 38.1 Å². The van der Waals surface area contributed by atoms with Crippen molar-refractivity contribution < 1.29 is 13.9 Å². The van der Waals surface area contributed by atoms with E-state index in [9.17, 15) is 9.18 Å². The number of fused-ring (bicyclic) bond motifs is 1. The van der Waals surface area contributed by atoms with Gasteiger partial charge in [-0.1, -0.05) is 36.4 Å². The van der Waals surface area contributed by atoms with Crippen molar-refractivity contribution in [1.29, 1.82) is 0 Å². The molecule has 5 nitrogen and oxygen atoms in total. The Morgan fingerprint density at radius 1 is 1.03 bits per heavy atom. The third-order valence-electron chi connectivity index (χ3n) is 6.68. The van der Waals surface area contributed by atoms with Gasteiger partial charge in [0.2, 0.25) is 5.91 Å². The molecule has 184 valence electrons. The number of para-hydroxylation sites is 3. The minimum absolute atomic E-state index is 0.0167. The fourth-order valence-electron chi connectivity index (χ4n) is 4.91. The van der Waals surface area contributed by atoms with Crippen LogP contribution in [0.3, 0.4) is 0 Å². The lowest BCUT2D eigenvalue weighted by molar-refractivity contribution is -0.117. The molecule has 1 amide bonds. The quantitative estimate of drug-likeness (QED) is 0.197. The Labute approximate surface area is 210 Å². The highest BCUT2D eigenvalue weighted by Crippen LogP contribution is 2.33. The van der Waals surface area contributed by atoms with Gasteiger partial charge in [-0.25, -0.2) is 9.37 Å². The SMILES string of the molecule is C=CCc1ccccc1OCCCCn1c(C2CC(=O)N(c3ccc(F)cc3)C2)nc2ccccc21. The summed E-state index contributed by atoms with van der Waals surface area (Å²) in [7, 11) is 0. The summed E-state index contributed by atoms with van der Waals surface area (Å²) in [5, 5.41) is 0. The molecule has 1 atom stereocenters. The number of carbonyl (C=O) groups is 1. The van der Waals surface area contributed by atoms with Crippen LogP contribution in [0.5, 0.6) is 5.75 Å². The minimum atomic E-state index is -0.308. The second-order valence-electron chi connectivity index (χ2n) is 9.15. The van der Waals surface area contributed by atoms with Crippen LogP contribution in [0.25, 0.3) is 11.0 Å². The number of aryl methyl sites for hydroxylation is 1. The summed E-state index contributed by atoms with van der Waals surface area (Å²) in [6, 6.07) is 22.3. The van der Waals surface area contributed by atoms with Crippen molar-refractivity contribution in [1.82, 2.24) is 9.55 Å². The molecule has 1 aliphatic heterocycles. The minimum Gasteiger partial charge on any atom is -0.493 e. The molecular formula is C30H30FN3O2. The number of anilines is 1. The van der Waals surface area contributed by atoms with Crippen LogP contribution in [0, 0.1) is 5.82 Å². The maximum Gasteiger partial charge on any atom is 0.227 e. The van der Waals surface area contributed by atoms with Crippen LogP contribution in [0.2, 0.25) is 0 Å². The smallest absolute Gasteiger partial charge is 0.227 e. The van der Waals surface area contributed by atoms with Gasteiger partial charge in [0.05, 0.1) is 17.6 Å². The van der Waals surface area contributed by atoms with Gasteiger partial charge in [-0.15, -0.1) is 6.58 Å². The molecule has 1 unspecified atom stereocenters. The van der Waals surface area contributed by atoms with Crippen LogP contribution < -0.4 is 9.64 Å². The van der Waals surface area contributed by atoms with Crippen LogP contribution in [-0.4, -0.2) is 28.6 Å². The Bertz CT molecular complexity index is 1360. The van der Waals surface area contributed by atoms with E-state index >= 15 is 0 Å². The molecule has 1 saturated heterocycles. The first-order valence-electron chi connectivity index (χ1n) is 12.5. The van der Waals surface area contributed by atoms with Gasteiger partial charge in [-0.2, -0.15) is 0 Å². The number of carbonyl (C=O) groups excluding carboxylic acids is 1. The molecular weight excluding hydrogens is 453 g/mol. The Morgan fingerprint density at radius 3 is 2.64 bits per heavy atom. The maximum absolute atomic E-state index is 13.4. The van der Waals surface area contributed by atoms with Crippen molar-refractivity contribution in [3.8, 4) is 5.75 Å². The van der Waals surface area contributed by atoms with E-state index in [1.54, 1.807) is 17.0 Å². The van der Waals surface area contributed by atoms with Gasteiger partial charge in [0.15, 0.2) is 0 Å². The highest BCUT2D eigenvalue weighted by molar-refractivity contribution is 5.96. The van der Waals surface area contributed by atoms with Crippen molar-refractivity contribution in [2.75, 3.05) is 18.1 Å². The molecule has 1 aliphatic rings. The molecule has 0 radical (unpaired) electrons. The van der Waals surface area contributed by atoms with Gasteiger partial charge in [0.1, 0.15) is 17.4 Å². The summed E-state index contributed by atoms with van der Waals surface area (Å²) in [6.07, 6.45) is 4.90. The molecule has 2 heterocycles. The summed E-state index contributed by atoms with van der Waals surface area (Å²) < 4.78 is 21.7. The number of hydrogen-bond acceptors (Lipinski definition) is 3. The summed E-state index contributed by atoms with van der Waals surface area (Å²) in [4.78, 5) is 19.5. The van der Waals surface area contributed by atoms with Gasteiger partial charge >= 0.3 is 0 Å². The number of rotatable bonds is 10. The van der Waals surface area contributed by atoms with Crippen LogP contribution in [0.1, 0.15) is 36.6 Å². The predicted octanol–water partition coefficient (Wildman–Crippen LogP) is 6.28. The molecule has 1 aromatic heterocycles. The normalized spacial score (nSPS) is 15.5. The van der Waals surface area contributed by atoms with E-state index in [1.165, 1.54) is 12.1 Å². The Balaban J connectivity index is 1.28. The summed E-state index contributed by atoms with van der Waals surface area (Å²) >= 11 is 0. The van der Waals surface area contributed by atoms with E-state index < -0.39 is 0 Å². The molecule has 0 N–H and O–H groups in total. The number of benzene rings is 3. The molecule has 3 aromatic carbocycles. The first-order chi connectivity index (χ1) is 17.6. The van der Waals surface area contributed by atoms with E-state index in [-0.39, 0.29) is 17.6 Å². The number of allylic oxidation sites excluding steroid dienone is 1. The standard InChI is InChI=1S/C30H30FN3O2/c1-2-9-22-10-3-6-13-28(22)36-19-8-7-18-33-27-12-5-4-11-26(27)32-30(33)23-20-29(35)34(21-23)25-16-14-24(31)15-17-25/h2-6,10-17,23H,1,7-9,18-21H2. The third-order valence-corrected chi connectivity index (χ3v) is 6.68. The van der Waals surface area contributed by atoms with Gasteiger partial charge < -0.3 is 14.2 Å². The summed E-state index contributed by atoms with van der Waals surface area (Å²) in [5.41, 5.74) is 3.89. The number of imidazole rings is 1. The van der Waals surface area contributed by atoms with E-state index in [1.807, 2.05) is 42.5 Å². The Kier molecular flexibility index (Phi) is 7.12. The zero-order chi connectivity index (χ0) is 24.9. The number of ether oxygens (including phenoxy) is 1. The van der Waals surface area contributed by atoms with Crippen LogP contribution >= 0.6 is 0 Å². The van der Waals surface area contributed by atoms with E-state index in [2.05, 4.69) is 23.3 Å². The molecule has 6 heteroatoms. The predicted molar refractivity (Wildman–Crippen MR) is 141 cm³/mol. The van der Waals surface area contributed by atoms with E-state index in [4.69, 9.17) is 9.72 Å². The molecule has 0 bridgehead atoms. The average Bonchev–Trinajstić information content (AvgIpc) is 3.46. The number of halogens is 1. The second kappa shape index (κ2) is 10.8. The average molecular weight is 484 g/mol. The second-order valence-corrected chi connectivity index (χ2v) is 9.15. The van der Waals surface area contributed by atoms with Gasteiger partial charge in [-0.05, 0) is 67.3 Å². The van der Waals surface area contributed by atoms with Crippen LogP contribution in [-0.2, 0) is 17.8 Å². The molecule has 0 aliphatic carbocycles. The zero-order valence-electron chi connectivity index (χ0n) is 20.3. The van der Waals surface area contributed by atoms with Gasteiger partial charge in [0.25, 0.3) is 0 Å². The molecule has 0 spiro atoms. The van der Waals surface area contributed by atoms with Gasteiger partial charge in [0, 0.05) is 31.1 Å². The first-order valence-corrected chi connectivity index (χ1v) is 12.5. The first kappa shape index (κ1) is 23.8.